The topological polar surface area (TPSA) is 59.8 Å². The molecular weight excluding hydrogens is 435 g/mol. The maximum absolute atomic E-state index is 13.1. The summed E-state index contributed by atoms with van der Waals surface area (Å²) >= 11 is 7.60. The molecule has 31 heavy (non-hydrogen) atoms. The van der Waals surface area contributed by atoms with Crippen molar-refractivity contribution in [3.63, 3.8) is 0 Å². The lowest BCUT2D eigenvalue weighted by molar-refractivity contribution is 0.103. The van der Waals surface area contributed by atoms with Crippen LogP contribution in [0.5, 0.6) is 0 Å². The number of carbonyl (C=O) groups excluding carboxylic acids is 1. The monoisotopic (exact) mass is 454 g/mol. The number of thiazole rings is 1. The maximum atomic E-state index is 13.1. The minimum absolute atomic E-state index is 0.286. The Hall–Kier alpha value is -3.03. The number of aromatic nitrogens is 3. The van der Waals surface area contributed by atoms with E-state index in [4.69, 9.17) is 11.6 Å². The fourth-order valence-corrected chi connectivity index (χ4v) is 4.52. The highest BCUT2D eigenvalue weighted by molar-refractivity contribution is 7.16. The average molecular weight is 455 g/mol. The first-order chi connectivity index (χ1) is 14.8. The van der Waals surface area contributed by atoms with Crippen LogP contribution in [0.15, 0.2) is 48.5 Å². The Morgan fingerprint density at radius 3 is 2.52 bits per heavy atom. The number of benzene rings is 2. The van der Waals surface area contributed by atoms with Crippen molar-refractivity contribution in [1.29, 1.82) is 0 Å². The first-order valence-electron chi connectivity index (χ1n) is 9.66. The van der Waals surface area contributed by atoms with Gasteiger partial charge in [0.05, 0.1) is 11.4 Å². The molecule has 0 atom stereocenters. The van der Waals surface area contributed by atoms with E-state index in [0.717, 1.165) is 27.5 Å². The number of hydrogen-bond acceptors (Lipinski definition) is 4. The summed E-state index contributed by atoms with van der Waals surface area (Å²) in [5.41, 5.74) is 5.09. The van der Waals surface area contributed by atoms with Crippen LogP contribution >= 0.6 is 22.9 Å². The third-order valence-electron chi connectivity index (χ3n) is 5.04. The third-order valence-corrected chi connectivity index (χ3v) is 6.54. The van der Waals surface area contributed by atoms with E-state index >= 15 is 0 Å². The number of hydrogen-bond donors (Lipinski definition) is 1. The summed E-state index contributed by atoms with van der Waals surface area (Å²) < 4.78 is 14.9. The molecule has 4 aromatic rings. The molecule has 0 aliphatic heterocycles. The number of rotatable bonds is 5. The molecule has 0 bridgehead atoms. The van der Waals surface area contributed by atoms with Gasteiger partial charge in [0, 0.05) is 28.4 Å². The molecule has 0 radical (unpaired) electrons. The number of carbonyl (C=O) groups is 1. The van der Waals surface area contributed by atoms with Crippen molar-refractivity contribution in [2.75, 3.05) is 5.32 Å². The molecule has 8 heteroatoms. The standard InChI is InChI=1S/C23H20ClFN4OS/c1-13-19(12-16-6-4-5-7-20(16)24)15(3)29(28-13)23-26-14(2)21(31-23)22(30)27-18-10-8-17(25)9-11-18/h4-11H,12H2,1-3H3,(H,27,30). The van der Waals surface area contributed by atoms with Gasteiger partial charge >= 0.3 is 0 Å². The summed E-state index contributed by atoms with van der Waals surface area (Å²) in [7, 11) is 0. The van der Waals surface area contributed by atoms with Gasteiger partial charge in [0.1, 0.15) is 10.7 Å². The van der Waals surface area contributed by atoms with Crippen LogP contribution in [0.25, 0.3) is 5.13 Å². The molecule has 4 rings (SSSR count). The van der Waals surface area contributed by atoms with E-state index in [2.05, 4.69) is 15.4 Å². The van der Waals surface area contributed by atoms with Crippen molar-refractivity contribution < 1.29 is 9.18 Å². The zero-order valence-corrected chi connectivity index (χ0v) is 18.8. The Morgan fingerprint density at radius 1 is 1.10 bits per heavy atom. The summed E-state index contributed by atoms with van der Waals surface area (Å²) in [5, 5.41) is 8.78. The second-order valence-electron chi connectivity index (χ2n) is 7.20. The van der Waals surface area contributed by atoms with Crippen LogP contribution in [0.4, 0.5) is 10.1 Å². The van der Waals surface area contributed by atoms with Crippen molar-refractivity contribution >= 4 is 34.5 Å². The minimum Gasteiger partial charge on any atom is -0.321 e. The van der Waals surface area contributed by atoms with Crippen molar-refractivity contribution in [1.82, 2.24) is 14.8 Å². The van der Waals surface area contributed by atoms with E-state index < -0.39 is 0 Å². The molecule has 0 saturated heterocycles. The highest BCUT2D eigenvalue weighted by Gasteiger charge is 2.20. The molecule has 2 heterocycles. The first kappa shape index (κ1) is 21.2. The lowest BCUT2D eigenvalue weighted by atomic mass is 10.0. The quantitative estimate of drug-likeness (QED) is 0.409. The number of nitrogens with zero attached hydrogens (tertiary/aromatic N) is 3. The predicted octanol–water partition coefficient (Wildman–Crippen LogP) is 5.89. The van der Waals surface area contributed by atoms with E-state index in [9.17, 15) is 9.18 Å². The number of aryl methyl sites for hydroxylation is 2. The summed E-state index contributed by atoms with van der Waals surface area (Å²) in [4.78, 5) is 17.8. The SMILES string of the molecule is Cc1nc(-n2nc(C)c(Cc3ccccc3Cl)c2C)sc1C(=O)Nc1ccc(F)cc1. The molecule has 0 fully saturated rings. The van der Waals surface area contributed by atoms with Crippen LogP contribution in [0, 0.1) is 26.6 Å². The van der Waals surface area contributed by atoms with Gasteiger partial charge in [-0.25, -0.2) is 14.1 Å². The van der Waals surface area contributed by atoms with Gasteiger partial charge in [-0.2, -0.15) is 5.10 Å². The third kappa shape index (κ3) is 4.38. The number of amides is 1. The Kier molecular flexibility index (Phi) is 5.89. The molecule has 0 saturated carbocycles. The van der Waals surface area contributed by atoms with Gasteiger partial charge in [-0.1, -0.05) is 41.1 Å². The van der Waals surface area contributed by atoms with E-state index in [0.29, 0.717) is 27.8 Å². The smallest absolute Gasteiger partial charge is 0.267 e. The van der Waals surface area contributed by atoms with E-state index in [-0.39, 0.29) is 11.7 Å². The van der Waals surface area contributed by atoms with Crippen LogP contribution in [0.1, 0.15) is 37.9 Å². The van der Waals surface area contributed by atoms with Gasteiger partial charge in [-0.15, -0.1) is 0 Å². The summed E-state index contributed by atoms with van der Waals surface area (Å²) in [5.74, 6) is -0.642. The van der Waals surface area contributed by atoms with Crippen LogP contribution in [-0.2, 0) is 6.42 Å². The number of halogens is 2. The number of anilines is 1. The largest absolute Gasteiger partial charge is 0.321 e. The Labute approximate surface area is 188 Å². The summed E-state index contributed by atoms with van der Waals surface area (Å²) in [6.45, 7) is 5.73. The van der Waals surface area contributed by atoms with Gasteiger partial charge < -0.3 is 5.32 Å². The Balaban J connectivity index is 1.61. The van der Waals surface area contributed by atoms with E-state index in [1.165, 1.54) is 35.6 Å². The highest BCUT2D eigenvalue weighted by atomic mass is 35.5. The molecule has 158 valence electrons. The van der Waals surface area contributed by atoms with E-state index in [1.807, 2.05) is 38.1 Å². The normalized spacial score (nSPS) is 11.0. The number of nitrogens with one attached hydrogen (secondary N) is 1. The molecule has 0 unspecified atom stereocenters. The second kappa shape index (κ2) is 8.61. The van der Waals surface area contributed by atoms with Crippen LogP contribution in [-0.4, -0.2) is 20.7 Å². The van der Waals surface area contributed by atoms with Gasteiger partial charge in [0.15, 0.2) is 0 Å². The van der Waals surface area contributed by atoms with Gasteiger partial charge in [0.2, 0.25) is 5.13 Å². The maximum Gasteiger partial charge on any atom is 0.267 e. The van der Waals surface area contributed by atoms with Crippen molar-refractivity contribution in [3.05, 3.63) is 92.5 Å². The first-order valence-corrected chi connectivity index (χ1v) is 10.9. The Morgan fingerprint density at radius 2 is 1.81 bits per heavy atom. The molecular formula is C23H20ClFN4OS. The van der Waals surface area contributed by atoms with Crippen LogP contribution < -0.4 is 5.32 Å². The van der Waals surface area contributed by atoms with Gasteiger partial charge in [-0.3, -0.25) is 4.79 Å². The molecule has 2 aromatic carbocycles. The van der Waals surface area contributed by atoms with Crippen molar-refractivity contribution in [3.8, 4) is 5.13 Å². The lowest BCUT2D eigenvalue weighted by Crippen LogP contribution is -2.11. The zero-order valence-electron chi connectivity index (χ0n) is 17.2. The van der Waals surface area contributed by atoms with Crippen molar-refractivity contribution in [2.24, 2.45) is 0 Å². The van der Waals surface area contributed by atoms with Crippen LogP contribution in [0.2, 0.25) is 5.02 Å². The summed E-state index contributed by atoms with van der Waals surface area (Å²) in [6, 6.07) is 13.4. The Bertz CT molecular complexity index is 1260. The molecule has 1 amide bonds. The zero-order chi connectivity index (χ0) is 22.1. The lowest BCUT2D eigenvalue weighted by Gasteiger charge is -2.05. The fourth-order valence-electron chi connectivity index (χ4n) is 3.35. The molecule has 1 N–H and O–H groups in total. The predicted molar refractivity (Wildman–Crippen MR) is 122 cm³/mol. The molecule has 5 nitrogen and oxygen atoms in total. The second-order valence-corrected chi connectivity index (χ2v) is 8.59. The molecule has 2 aromatic heterocycles. The summed E-state index contributed by atoms with van der Waals surface area (Å²) in [6.07, 6.45) is 0.666. The van der Waals surface area contributed by atoms with Gasteiger partial charge in [0.25, 0.3) is 5.91 Å². The van der Waals surface area contributed by atoms with Crippen molar-refractivity contribution in [2.45, 2.75) is 27.2 Å². The molecule has 0 aliphatic carbocycles. The average Bonchev–Trinajstić information content (AvgIpc) is 3.26. The van der Waals surface area contributed by atoms with Gasteiger partial charge in [-0.05, 0) is 56.7 Å². The molecule has 0 aliphatic rings. The minimum atomic E-state index is -0.355. The fraction of sp³-hybridized carbons (Fsp3) is 0.174. The molecule has 0 spiro atoms. The van der Waals surface area contributed by atoms with E-state index in [1.54, 1.807) is 11.6 Å². The highest BCUT2D eigenvalue weighted by Crippen LogP contribution is 2.28. The van der Waals surface area contributed by atoms with Crippen LogP contribution in [0.3, 0.4) is 0 Å².